The largest absolute Gasteiger partial charge is 0.306 e. The minimum absolute atomic E-state index is 0.125. The Bertz CT molecular complexity index is 863. The van der Waals surface area contributed by atoms with E-state index in [9.17, 15) is 4.79 Å². The number of hydrogen-bond donors (Lipinski definition) is 1. The van der Waals surface area contributed by atoms with Crippen molar-refractivity contribution in [2.24, 2.45) is 5.92 Å². The number of aryl methyl sites for hydroxylation is 2. The lowest BCUT2D eigenvalue weighted by atomic mass is 10.2. The molecule has 0 aliphatic heterocycles. The zero-order valence-corrected chi connectivity index (χ0v) is 14.6. The number of anilines is 1. The molecule has 0 saturated carbocycles. The van der Waals surface area contributed by atoms with Crippen molar-refractivity contribution in [1.82, 2.24) is 14.8 Å². The topological polar surface area (TPSA) is 59.8 Å². The Labute approximate surface area is 139 Å². The summed E-state index contributed by atoms with van der Waals surface area (Å²) in [5.41, 5.74) is 1.84. The van der Waals surface area contributed by atoms with Gasteiger partial charge in [0.15, 0.2) is 0 Å². The van der Waals surface area contributed by atoms with Gasteiger partial charge in [-0.2, -0.15) is 5.10 Å². The average Bonchev–Trinajstić information content (AvgIpc) is 3.01. The molecule has 0 atom stereocenters. The van der Waals surface area contributed by atoms with Gasteiger partial charge in [-0.1, -0.05) is 19.9 Å². The van der Waals surface area contributed by atoms with Crippen LogP contribution in [0.1, 0.15) is 34.9 Å². The first-order valence-corrected chi connectivity index (χ1v) is 8.47. The van der Waals surface area contributed by atoms with E-state index in [1.165, 1.54) is 11.3 Å². The number of fused-ring (bicyclic) bond motifs is 1. The van der Waals surface area contributed by atoms with Crippen LogP contribution < -0.4 is 5.32 Å². The molecule has 120 valence electrons. The first-order valence-electron chi connectivity index (χ1n) is 7.66. The lowest BCUT2D eigenvalue weighted by molar-refractivity contribution is 0.103. The molecule has 5 nitrogen and oxygen atoms in total. The summed E-state index contributed by atoms with van der Waals surface area (Å²) in [5, 5.41) is 8.48. The average molecular weight is 328 g/mol. The van der Waals surface area contributed by atoms with Gasteiger partial charge in [0, 0.05) is 17.6 Å². The summed E-state index contributed by atoms with van der Waals surface area (Å²) in [5.74, 6) is 0.959. The third-order valence-electron chi connectivity index (χ3n) is 3.50. The summed E-state index contributed by atoms with van der Waals surface area (Å²) >= 11 is 1.48. The minimum atomic E-state index is -0.125. The SMILES string of the molecule is Cc1cccc(NC(=O)c2cc3c(C)nn(CC(C)C)c3s2)n1. The number of nitrogens with zero attached hydrogens (tertiary/aromatic N) is 3. The number of thiophene rings is 1. The summed E-state index contributed by atoms with van der Waals surface area (Å²) in [6.45, 7) is 9.06. The van der Waals surface area contributed by atoms with E-state index < -0.39 is 0 Å². The van der Waals surface area contributed by atoms with Crippen molar-refractivity contribution in [1.29, 1.82) is 0 Å². The van der Waals surface area contributed by atoms with E-state index in [1.54, 1.807) is 6.07 Å². The molecule has 1 amide bonds. The van der Waals surface area contributed by atoms with Crippen molar-refractivity contribution in [3.05, 3.63) is 40.5 Å². The lowest BCUT2D eigenvalue weighted by Crippen LogP contribution is -2.11. The van der Waals surface area contributed by atoms with Crippen LogP contribution >= 0.6 is 11.3 Å². The fraction of sp³-hybridized carbons (Fsp3) is 0.353. The van der Waals surface area contributed by atoms with Gasteiger partial charge < -0.3 is 5.32 Å². The van der Waals surface area contributed by atoms with Crippen molar-refractivity contribution >= 4 is 33.3 Å². The highest BCUT2D eigenvalue weighted by atomic mass is 32.1. The summed E-state index contributed by atoms with van der Waals surface area (Å²) in [6, 6.07) is 7.50. The highest BCUT2D eigenvalue weighted by Crippen LogP contribution is 2.29. The number of pyridine rings is 1. The second kappa shape index (κ2) is 6.12. The van der Waals surface area contributed by atoms with Gasteiger partial charge in [0.1, 0.15) is 10.6 Å². The molecule has 3 heterocycles. The first-order chi connectivity index (χ1) is 10.9. The van der Waals surface area contributed by atoms with Crippen molar-refractivity contribution < 1.29 is 4.79 Å². The van der Waals surface area contributed by atoms with Crippen molar-refractivity contribution in [2.75, 3.05) is 5.32 Å². The first kappa shape index (κ1) is 15.7. The maximum Gasteiger partial charge on any atom is 0.266 e. The second-order valence-electron chi connectivity index (χ2n) is 6.11. The molecule has 0 aliphatic carbocycles. The highest BCUT2D eigenvalue weighted by molar-refractivity contribution is 7.20. The van der Waals surface area contributed by atoms with Gasteiger partial charge >= 0.3 is 0 Å². The molecule has 3 aromatic heterocycles. The zero-order valence-electron chi connectivity index (χ0n) is 13.8. The quantitative estimate of drug-likeness (QED) is 0.787. The molecule has 0 aromatic carbocycles. The third kappa shape index (κ3) is 3.27. The number of carbonyl (C=O) groups excluding carboxylic acids is 1. The molecule has 0 radical (unpaired) electrons. The zero-order chi connectivity index (χ0) is 16.6. The molecule has 0 fully saturated rings. The van der Waals surface area contributed by atoms with Gasteiger partial charge in [0.05, 0.1) is 10.6 Å². The maximum absolute atomic E-state index is 12.5. The van der Waals surface area contributed by atoms with E-state index >= 15 is 0 Å². The van der Waals surface area contributed by atoms with Gasteiger partial charge in [-0.25, -0.2) is 4.98 Å². The Kier molecular flexibility index (Phi) is 4.17. The Morgan fingerprint density at radius 2 is 2.13 bits per heavy atom. The molecule has 0 saturated heterocycles. The van der Waals surface area contributed by atoms with Crippen LogP contribution in [-0.4, -0.2) is 20.7 Å². The Balaban J connectivity index is 1.89. The molecular formula is C17H20N4OS. The molecular weight excluding hydrogens is 308 g/mol. The minimum Gasteiger partial charge on any atom is -0.306 e. The van der Waals surface area contributed by atoms with E-state index in [2.05, 4.69) is 29.2 Å². The fourth-order valence-corrected chi connectivity index (χ4v) is 3.55. The fourth-order valence-electron chi connectivity index (χ4n) is 2.48. The van der Waals surface area contributed by atoms with Crippen LogP contribution in [0.5, 0.6) is 0 Å². The summed E-state index contributed by atoms with van der Waals surface area (Å²) < 4.78 is 2.00. The molecule has 0 bridgehead atoms. The third-order valence-corrected chi connectivity index (χ3v) is 4.65. The molecule has 6 heteroatoms. The monoisotopic (exact) mass is 328 g/mol. The maximum atomic E-state index is 12.5. The van der Waals surface area contributed by atoms with Crippen LogP contribution in [0, 0.1) is 19.8 Å². The van der Waals surface area contributed by atoms with Crippen LogP contribution in [0.25, 0.3) is 10.2 Å². The number of aromatic nitrogens is 3. The van der Waals surface area contributed by atoms with Gasteiger partial charge in [-0.05, 0) is 38.0 Å². The normalized spacial score (nSPS) is 11.3. The van der Waals surface area contributed by atoms with Crippen molar-refractivity contribution in [3.8, 4) is 0 Å². The van der Waals surface area contributed by atoms with Crippen LogP contribution in [0.3, 0.4) is 0 Å². The number of rotatable bonds is 4. The number of nitrogens with one attached hydrogen (secondary N) is 1. The highest BCUT2D eigenvalue weighted by Gasteiger charge is 2.17. The number of amides is 1. The van der Waals surface area contributed by atoms with E-state index in [1.807, 2.05) is 36.7 Å². The lowest BCUT2D eigenvalue weighted by Gasteiger charge is -2.05. The van der Waals surface area contributed by atoms with E-state index in [4.69, 9.17) is 0 Å². The molecule has 0 unspecified atom stereocenters. The van der Waals surface area contributed by atoms with E-state index in [-0.39, 0.29) is 5.91 Å². The molecule has 0 spiro atoms. The smallest absolute Gasteiger partial charge is 0.266 e. The van der Waals surface area contributed by atoms with Gasteiger partial charge in [-0.3, -0.25) is 9.48 Å². The van der Waals surface area contributed by atoms with Crippen molar-refractivity contribution in [3.63, 3.8) is 0 Å². The molecule has 1 N–H and O–H groups in total. The standard InChI is InChI=1S/C17H20N4OS/c1-10(2)9-21-17-13(12(4)20-21)8-14(23-17)16(22)19-15-7-5-6-11(3)18-15/h5-8,10H,9H2,1-4H3,(H,18,19,22). The van der Waals surface area contributed by atoms with E-state index in [0.717, 1.165) is 28.1 Å². The van der Waals surface area contributed by atoms with Gasteiger partial charge in [-0.15, -0.1) is 11.3 Å². The Hall–Kier alpha value is -2.21. The number of hydrogen-bond acceptors (Lipinski definition) is 4. The van der Waals surface area contributed by atoms with Gasteiger partial charge in [0.25, 0.3) is 5.91 Å². The molecule has 0 aliphatic rings. The predicted octanol–water partition coefficient (Wildman–Crippen LogP) is 4.02. The van der Waals surface area contributed by atoms with Gasteiger partial charge in [0.2, 0.25) is 0 Å². The summed E-state index contributed by atoms with van der Waals surface area (Å²) in [4.78, 5) is 18.5. The Morgan fingerprint density at radius 1 is 1.35 bits per heavy atom. The van der Waals surface area contributed by atoms with E-state index in [0.29, 0.717) is 16.6 Å². The predicted molar refractivity (Wildman–Crippen MR) is 94.1 cm³/mol. The van der Waals surface area contributed by atoms with Crippen LogP contribution in [-0.2, 0) is 6.54 Å². The van der Waals surface area contributed by atoms with Crippen LogP contribution in [0.15, 0.2) is 24.3 Å². The molecule has 3 aromatic rings. The summed E-state index contributed by atoms with van der Waals surface area (Å²) in [6.07, 6.45) is 0. The second-order valence-corrected chi connectivity index (χ2v) is 7.14. The molecule has 23 heavy (non-hydrogen) atoms. The van der Waals surface area contributed by atoms with Crippen molar-refractivity contribution in [2.45, 2.75) is 34.2 Å². The molecule has 3 rings (SSSR count). The Morgan fingerprint density at radius 3 is 2.83 bits per heavy atom. The summed E-state index contributed by atoms with van der Waals surface area (Å²) in [7, 11) is 0. The van der Waals surface area contributed by atoms with Crippen LogP contribution in [0.2, 0.25) is 0 Å². The number of carbonyl (C=O) groups is 1. The van der Waals surface area contributed by atoms with Crippen LogP contribution in [0.4, 0.5) is 5.82 Å².